The highest BCUT2D eigenvalue weighted by atomic mass is 16.5. The van der Waals surface area contributed by atoms with Crippen LogP contribution in [0.2, 0.25) is 0 Å². The van der Waals surface area contributed by atoms with Crippen molar-refractivity contribution < 1.29 is 9.53 Å². The molecule has 1 aliphatic heterocycles. The number of rotatable bonds is 2. The second kappa shape index (κ2) is 4.72. The van der Waals surface area contributed by atoms with Crippen molar-refractivity contribution in [2.45, 2.75) is 19.6 Å². The lowest BCUT2D eigenvalue weighted by Gasteiger charge is -2.33. The molecule has 1 aromatic carbocycles. The van der Waals surface area contributed by atoms with Crippen LogP contribution in [0.3, 0.4) is 0 Å². The van der Waals surface area contributed by atoms with Gasteiger partial charge >= 0.3 is 0 Å². The van der Waals surface area contributed by atoms with Crippen molar-refractivity contribution in [3.05, 3.63) is 54.4 Å². The summed E-state index contributed by atoms with van der Waals surface area (Å²) < 4.78 is 5.61. The Hall–Kier alpha value is -2.36. The molecule has 0 spiro atoms. The first-order valence-electron chi connectivity index (χ1n) is 6.21. The maximum atomic E-state index is 12.3. The van der Waals surface area contributed by atoms with Crippen LogP contribution in [-0.4, -0.2) is 17.0 Å². The Morgan fingerprint density at radius 1 is 1.21 bits per heavy atom. The molecule has 0 N–H and O–H groups in total. The first-order chi connectivity index (χ1) is 9.25. The molecule has 0 radical (unpaired) electrons. The normalized spacial score (nSPS) is 17.8. The highest BCUT2D eigenvalue weighted by Crippen LogP contribution is 2.34. The first-order valence-corrected chi connectivity index (χ1v) is 6.21. The Morgan fingerprint density at radius 3 is 2.74 bits per heavy atom. The topological polar surface area (TPSA) is 42.4 Å². The second-order valence-electron chi connectivity index (χ2n) is 4.51. The monoisotopic (exact) mass is 254 g/mol. The van der Waals surface area contributed by atoms with E-state index < -0.39 is 6.10 Å². The highest BCUT2D eigenvalue weighted by Gasteiger charge is 2.30. The number of amides is 1. The Labute approximate surface area is 111 Å². The summed E-state index contributed by atoms with van der Waals surface area (Å²) in [6.07, 6.45) is 3.02. The predicted octanol–water partition coefficient (Wildman–Crippen LogP) is 2.40. The van der Waals surface area contributed by atoms with Crippen LogP contribution in [0.1, 0.15) is 12.5 Å². The predicted molar refractivity (Wildman–Crippen MR) is 72.0 cm³/mol. The summed E-state index contributed by atoms with van der Waals surface area (Å²) in [6.45, 7) is 2.31. The van der Waals surface area contributed by atoms with Gasteiger partial charge in [-0.3, -0.25) is 9.78 Å². The molecule has 4 heteroatoms. The second-order valence-corrected chi connectivity index (χ2v) is 4.51. The van der Waals surface area contributed by atoms with E-state index in [9.17, 15) is 4.79 Å². The van der Waals surface area contributed by atoms with Gasteiger partial charge in [0, 0.05) is 12.4 Å². The van der Waals surface area contributed by atoms with E-state index in [0.717, 1.165) is 17.0 Å². The quantitative estimate of drug-likeness (QED) is 0.826. The smallest absolute Gasteiger partial charge is 0.268 e. The van der Waals surface area contributed by atoms with E-state index >= 15 is 0 Å². The van der Waals surface area contributed by atoms with Gasteiger partial charge in [-0.15, -0.1) is 0 Å². The lowest BCUT2D eigenvalue weighted by molar-refractivity contribution is -0.125. The maximum Gasteiger partial charge on any atom is 0.268 e. The van der Waals surface area contributed by atoms with Crippen molar-refractivity contribution in [1.29, 1.82) is 0 Å². The third-order valence-corrected chi connectivity index (χ3v) is 3.16. The molecule has 4 nitrogen and oxygen atoms in total. The molecular weight excluding hydrogens is 240 g/mol. The van der Waals surface area contributed by atoms with E-state index in [1.54, 1.807) is 24.2 Å². The SMILES string of the molecule is CC1Oc2ccccc2N(Cc2ccncc2)C1=O. The Bertz CT molecular complexity index is 598. The number of hydrogen-bond acceptors (Lipinski definition) is 3. The van der Waals surface area contributed by atoms with Gasteiger partial charge in [-0.05, 0) is 36.8 Å². The molecule has 0 saturated carbocycles. The Balaban J connectivity index is 1.97. The van der Waals surface area contributed by atoms with E-state index in [2.05, 4.69) is 4.98 Å². The molecule has 1 amide bonds. The van der Waals surface area contributed by atoms with Crippen LogP contribution in [0.4, 0.5) is 5.69 Å². The molecule has 2 heterocycles. The lowest BCUT2D eigenvalue weighted by Crippen LogP contribution is -2.43. The van der Waals surface area contributed by atoms with Crippen LogP contribution in [0, 0.1) is 0 Å². The van der Waals surface area contributed by atoms with E-state index in [1.165, 1.54) is 0 Å². The van der Waals surface area contributed by atoms with E-state index in [1.807, 2.05) is 36.4 Å². The maximum absolute atomic E-state index is 12.3. The first kappa shape index (κ1) is 11.7. The van der Waals surface area contributed by atoms with E-state index in [0.29, 0.717) is 6.54 Å². The zero-order valence-corrected chi connectivity index (χ0v) is 10.6. The molecule has 0 aliphatic carbocycles. The average Bonchev–Trinajstić information content (AvgIpc) is 2.45. The standard InChI is InChI=1S/C15H14N2O2/c1-11-15(18)17(10-12-6-8-16-9-7-12)13-4-2-3-5-14(13)19-11/h2-9,11H,10H2,1H3. The molecule has 96 valence electrons. The Morgan fingerprint density at radius 2 is 1.95 bits per heavy atom. The minimum Gasteiger partial charge on any atom is -0.479 e. The highest BCUT2D eigenvalue weighted by molar-refractivity contribution is 5.99. The summed E-state index contributed by atoms with van der Waals surface area (Å²) in [5, 5.41) is 0. The summed E-state index contributed by atoms with van der Waals surface area (Å²) in [6, 6.07) is 11.4. The van der Waals surface area contributed by atoms with Gasteiger partial charge in [0.25, 0.3) is 5.91 Å². The summed E-state index contributed by atoms with van der Waals surface area (Å²) >= 11 is 0. The van der Waals surface area contributed by atoms with Crippen LogP contribution >= 0.6 is 0 Å². The zero-order chi connectivity index (χ0) is 13.2. The number of anilines is 1. The van der Waals surface area contributed by atoms with Gasteiger partial charge in [0.15, 0.2) is 6.10 Å². The average molecular weight is 254 g/mol. The number of fused-ring (bicyclic) bond motifs is 1. The van der Waals surface area contributed by atoms with Gasteiger partial charge in [0.2, 0.25) is 0 Å². The summed E-state index contributed by atoms with van der Waals surface area (Å²) in [4.78, 5) is 18.0. The number of pyridine rings is 1. The molecule has 1 atom stereocenters. The molecule has 1 aromatic heterocycles. The minimum atomic E-state index is -0.447. The molecule has 1 aliphatic rings. The lowest BCUT2D eigenvalue weighted by atomic mass is 10.1. The number of aromatic nitrogens is 1. The van der Waals surface area contributed by atoms with Crippen molar-refractivity contribution in [3.63, 3.8) is 0 Å². The fourth-order valence-corrected chi connectivity index (χ4v) is 2.19. The van der Waals surface area contributed by atoms with Crippen molar-refractivity contribution in [2.75, 3.05) is 4.90 Å². The molecule has 2 aromatic rings. The van der Waals surface area contributed by atoms with Gasteiger partial charge < -0.3 is 9.64 Å². The van der Waals surface area contributed by atoms with Crippen LogP contribution in [0.5, 0.6) is 5.75 Å². The van der Waals surface area contributed by atoms with Gasteiger partial charge in [0.05, 0.1) is 12.2 Å². The van der Waals surface area contributed by atoms with Crippen LogP contribution in [0.25, 0.3) is 0 Å². The van der Waals surface area contributed by atoms with Crippen LogP contribution in [-0.2, 0) is 11.3 Å². The number of para-hydroxylation sites is 2. The molecule has 0 fully saturated rings. The van der Waals surface area contributed by atoms with Crippen molar-refractivity contribution in [3.8, 4) is 5.75 Å². The van der Waals surface area contributed by atoms with Gasteiger partial charge in [0.1, 0.15) is 5.75 Å². The van der Waals surface area contributed by atoms with Crippen molar-refractivity contribution >= 4 is 11.6 Å². The third-order valence-electron chi connectivity index (χ3n) is 3.16. The molecule has 0 saturated heterocycles. The molecule has 3 rings (SSSR count). The zero-order valence-electron chi connectivity index (χ0n) is 10.6. The largest absolute Gasteiger partial charge is 0.479 e. The fraction of sp³-hybridized carbons (Fsp3) is 0.200. The van der Waals surface area contributed by atoms with Crippen LogP contribution < -0.4 is 9.64 Å². The van der Waals surface area contributed by atoms with Crippen molar-refractivity contribution in [2.24, 2.45) is 0 Å². The van der Waals surface area contributed by atoms with Crippen LogP contribution in [0.15, 0.2) is 48.8 Å². The van der Waals surface area contributed by atoms with E-state index in [-0.39, 0.29) is 5.91 Å². The number of nitrogens with zero attached hydrogens (tertiary/aromatic N) is 2. The van der Waals surface area contributed by atoms with Gasteiger partial charge in [-0.2, -0.15) is 0 Å². The van der Waals surface area contributed by atoms with Crippen molar-refractivity contribution in [1.82, 2.24) is 4.98 Å². The number of benzene rings is 1. The molecular formula is C15H14N2O2. The number of hydrogen-bond donors (Lipinski definition) is 0. The Kier molecular flexibility index (Phi) is 2.91. The van der Waals surface area contributed by atoms with Gasteiger partial charge in [-0.1, -0.05) is 12.1 Å². The number of carbonyl (C=O) groups is 1. The number of carbonyl (C=O) groups excluding carboxylic acids is 1. The number of ether oxygens (including phenoxy) is 1. The molecule has 1 unspecified atom stereocenters. The van der Waals surface area contributed by atoms with E-state index in [4.69, 9.17) is 4.74 Å². The fourth-order valence-electron chi connectivity index (χ4n) is 2.19. The molecule has 0 bridgehead atoms. The van der Waals surface area contributed by atoms with Gasteiger partial charge in [-0.25, -0.2) is 0 Å². The summed E-state index contributed by atoms with van der Waals surface area (Å²) in [5.41, 5.74) is 1.87. The minimum absolute atomic E-state index is 0.0180. The summed E-state index contributed by atoms with van der Waals surface area (Å²) in [5.74, 6) is 0.735. The summed E-state index contributed by atoms with van der Waals surface area (Å²) in [7, 11) is 0. The third kappa shape index (κ3) is 2.17. The molecule has 19 heavy (non-hydrogen) atoms.